The summed E-state index contributed by atoms with van der Waals surface area (Å²) in [6.45, 7) is 5.48. The van der Waals surface area contributed by atoms with Crippen LogP contribution in [0.15, 0.2) is 24.5 Å². The molecule has 1 aliphatic rings. The van der Waals surface area contributed by atoms with Gasteiger partial charge in [-0.1, -0.05) is 13.8 Å². The van der Waals surface area contributed by atoms with Crippen LogP contribution in [0.5, 0.6) is 0 Å². The number of aliphatic hydroxyl groups is 1. The molecule has 0 unspecified atom stereocenters. The highest BCUT2D eigenvalue weighted by molar-refractivity contribution is 5.21. The first-order chi connectivity index (χ1) is 8.58. The van der Waals surface area contributed by atoms with Crippen molar-refractivity contribution in [3.8, 4) is 0 Å². The van der Waals surface area contributed by atoms with Crippen LogP contribution in [-0.4, -0.2) is 28.8 Å². The maximum atomic E-state index is 9.50. The molecule has 1 aliphatic carbocycles. The summed E-state index contributed by atoms with van der Waals surface area (Å²) in [6.07, 6.45) is 7.69. The maximum Gasteiger partial charge on any atom is 0.0541 e. The van der Waals surface area contributed by atoms with E-state index in [9.17, 15) is 5.11 Å². The van der Waals surface area contributed by atoms with Gasteiger partial charge in [0, 0.05) is 30.4 Å². The standard InChI is InChI=1S/C15H24N2O/c1-15(2,12-7-9-16-10-8-12)11-17-13-3-5-14(18)6-4-13/h7-10,13-14,17-18H,3-6,11H2,1-2H3. The highest BCUT2D eigenvalue weighted by atomic mass is 16.3. The zero-order chi connectivity index (χ0) is 13.0. The molecule has 0 bridgehead atoms. The minimum absolute atomic E-state index is 0.0729. The molecule has 0 spiro atoms. The lowest BCUT2D eigenvalue weighted by atomic mass is 9.84. The third-order valence-corrected chi connectivity index (χ3v) is 3.99. The van der Waals surface area contributed by atoms with Gasteiger partial charge in [-0.25, -0.2) is 0 Å². The zero-order valence-electron chi connectivity index (χ0n) is 11.4. The summed E-state index contributed by atoms with van der Waals surface area (Å²) >= 11 is 0. The number of rotatable bonds is 4. The molecule has 0 aromatic carbocycles. The Balaban J connectivity index is 1.86. The normalized spacial score (nSPS) is 25.1. The van der Waals surface area contributed by atoms with E-state index in [0.717, 1.165) is 32.2 Å². The molecule has 1 aromatic heterocycles. The van der Waals surface area contributed by atoms with E-state index in [0.29, 0.717) is 6.04 Å². The minimum Gasteiger partial charge on any atom is -0.393 e. The average Bonchev–Trinajstić information content (AvgIpc) is 2.39. The number of hydrogen-bond acceptors (Lipinski definition) is 3. The average molecular weight is 248 g/mol. The van der Waals surface area contributed by atoms with Crippen LogP contribution in [0.4, 0.5) is 0 Å². The summed E-state index contributed by atoms with van der Waals surface area (Å²) < 4.78 is 0. The van der Waals surface area contributed by atoms with Gasteiger partial charge in [-0.05, 0) is 43.4 Å². The van der Waals surface area contributed by atoms with Crippen molar-refractivity contribution in [3.63, 3.8) is 0 Å². The van der Waals surface area contributed by atoms with Crippen LogP contribution in [0.3, 0.4) is 0 Å². The van der Waals surface area contributed by atoms with E-state index in [4.69, 9.17) is 0 Å². The van der Waals surface area contributed by atoms with Gasteiger partial charge in [-0.15, -0.1) is 0 Å². The lowest BCUT2D eigenvalue weighted by molar-refractivity contribution is 0.115. The predicted molar refractivity (Wildman–Crippen MR) is 73.5 cm³/mol. The topological polar surface area (TPSA) is 45.1 Å². The van der Waals surface area contributed by atoms with Crippen LogP contribution in [0, 0.1) is 0 Å². The van der Waals surface area contributed by atoms with Gasteiger partial charge in [-0.2, -0.15) is 0 Å². The summed E-state index contributed by atoms with van der Waals surface area (Å²) in [5.74, 6) is 0. The Hall–Kier alpha value is -0.930. The van der Waals surface area contributed by atoms with Crippen molar-refractivity contribution in [2.75, 3.05) is 6.54 Å². The molecule has 100 valence electrons. The molecular formula is C15H24N2O. The van der Waals surface area contributed by atoms with E-state index in [-0.39, 0.29) is 11.5 Å². The zero-order valence-corrected chi connectivity index (χ0v) is 11.4. The van der Waals surface area contributed by atoms with Crippen LogP contribution in [0.25, 0.3) is 0 Å². The first-order valence-corrected chi connectivity index (χ1v) is 6.90. The van der Waals surface area contributed by atoms with Crippen LogP contribution >= 0.6 is 0 Å². The molecule has 1 heterocycles. The van der Waals surface area contributed by atoms with E-state index in [1.165, 1.54) is 5.56 Å². The smallest absolute Gasteiger partial charge is 0.0541 e. The van der Waals surface area contributed by atoms with Crippen LogP contribution in [0.1, 0.15) is 45.1 Å². The van der Waals surface area contributed by atoms with E-state index >= 15 is 0 Å². The summed E-state index contributed by atoms with van der Waals surface area (Å²) in [5, 5.41) is 13.1. The molecule has 1 fully saturated rings. The Morgan fingerprint density at radius 2 is 1.83 bits per heavy atom. The van der Waals surface area contributed by atoms with Gasteiger partial charge in [0.15, 0.2) is 0 Å². The first kappa shape index (κ1) is 13.5. The largest absolute Gasteiger partial charge is 0.393 e. The van der Waals surface area contributed by atoms with Crippen molar-refractivity contribution in [2.45, 2.75) is 57.1 Å². The number of nitrogens with zero attached hydrogens (tertiary/aromatic N) is 1. The fraction of sp³-hybridized carbons (Fsp3) is 0.667. The molecule has 0 saturated heterocycles. The molecule has 0 radical (unpaired) electrons. The SMILES string of the molecule is CC(C)(CNC1CCC(O)CC1)c1ccncc1. The molecular weight excluding hydrogens is 224 g/mol. The molecule has 1 aromatic rings. The summed E-state index contributed by atoms with van der Waals surface area (Å²) in [5.41, 5.74) is 1.44. The van der Waals surface area contributed by atoms with Crippen molar-refractivity contribution in [2.24, 2.45) is 0 Å². The summed E-state index contributed by atoms with van der Waals surface area (Å²) in [4.78, 5) is 4.07. The van der Waals surface area contributed by atoms with Gasteiger partial charge in [0.05, 0.1) is 6.10 Å². The van der Waals surface area contributed by atoms with Crippen LogP contribution in [-0.2, 0) is 5.41 Å². The number of pyridine rings is 1. The van der Waals surface area contributed by atoms with E-state index in [1.807, 2.05) is 12.4 Å². The van der Waals surface area contributed by atoms with Gasteiger partial charge < -0.3 is 10.4 Å². The first-order valence-electron chi connectivity index (χ1n) is 6.90. The molecule has 18 heavy (non-hydrogen) atoms. The second-order valence-corrected chi connectivity index (χ2v) is 6.01. The second-order valence-electron chi connectivity index (χ2n) is 6.01. The molecule has 3 nitrogen and oxygen atoms in total. The van der Waals surface area contributed by atoms with Gasteiger partial charge in [-0.3, -0.25) is 4.98 Å². The lowest BCUT2D eigenvalue weighted by Crippen LogP contribution is -2.41. The highest BCUT2D eigenvalue weighted by Gasteiger charge is 2.24. The number of hydrogen-bond donors (Lipinski definition) is 2. The number of aliphatic hydroxyl groups excluding tert-OH is 1. The summed E-state index contributed by atoms with van der Waals surface area (Å²) in [6, 6.07) is 4.74. The Morgan fingerprint density at radius 3 is 2.44 bits per heavy atom. The molecule has 2 N–H and O–H groups in total. The number of aromatic nitrogens is 1. The van der Waals surface area contributed by atoms with Crippen molar-refractivity contribution < 1.29 is 5.11 Å². The molecule has 0 aliphatic heterocycles. The van der Waals surface area contributed by atoms with Gasteiger partial charge in [0.1, 0.15) is 0 Å². The predicted octanol–water partition coefficient (Wildman–Crippen LogP) is 2.25. The number of nitrogens with one attached hydrogen (secondary N) is 1. The van der Waals surface area contributed by atoms with Crippen LogP contribution < -0.4 is 5.32 Å². The fourth-order valence-corrected chi connectivity index (χ4v) is 2.58. The quantitative estimate of drug-likeness (QED) is 0.859. The van der Waals surface area contributed by atoms with Gasteiger partial charge >= 0.3 is 0 Å². The molecule has 3 heteroatoms. The van der Waals surface area contributed by atoms with Crippen molar-refractivity contribution in [1.82, 2.24) is 10.3 Å². The van der Waals surface area contributed by atoms with Crippen molar-refractivity contribution in [3.05, 3.63) is 30.1 Å². The van der Waals surface area contributed by atoms with Gasteiger partial charge in [0.25, 0.3) is 0 Å². The van der Waals surface area contributed by atoms with E-state index in [2.05, 4.69) is 36.3 Å². The summed E-state index contributed by atoms with van der Waals surface area (Å²) in [7, 11) is 0. The van der Waals surface area contributed by atoms with E-state index in [1.54, 1.807) is 0 Å². The third kappa shape index (κ3) is 3.53. The monoisotopic (exact) mass is 248 g/mol. The lowest BCUT2D eigenvalue weighted by Gasteiger charge is -2.31. The third-order valence-electron chi connectivity index (χ3n) is 3.99. The highest BCUT2D eigenvalue weighted by Crippen LogP contribution is 2.23. The van der Waals surface area contributed by atoms with Crippen LogP contribution in [0.2, 0.25) is 0 Å². The maximum absolute atomic E-state index is 9.50. The fourth-order valence-electron chi connectivity index (χ4n) is 2.58. The molecule has 0 atom stereocenters. The minimum atomic E-state index is -0.0729. The molecule has 1 saturated carbocycles. The molecule has 2 rings (SSSR count). The Kier molecular flexibility index (Phi) is 4.36. The Labute approximate surface area is 110 Å². The Morgan fingerprint density at radius 1 is 1.22 bits per heavy atom. The molecule has 0 amide bonds. The van der Waals surface area contributed by atoms with E-state index < -0.39 is 0 Å². The van der Waals surface area contributed by atoms with Crippen molar-refractivity contribution >= 4 is 0 Å². The Bertz CT molecular complexity index is 356. The van der Waals surface area contributed by atoms with Crippen molar-refractivity contribution in [1.29, 1.82) is 0 Å². The second kappa shape index (κ2) is 5.81. The van der Waals surface area contributed by atoms with Gasteiger partial charge in [0.2, 0.25) is 0 Å².